The Labute approximate surface area is 137 Å². The van der Waals surface area contributed by atoms with Crippen LogP contribution < -0.4 is 10.2 Å². The lowest BCUT2D eigenvalue weighted by molar-refractivity contribution is -0.885. The Morgan fingerprint density at radius 2 is 1.78 bits per heavy atom. The molecule has 0 aliphatic rings. The summed E-state index contributed by atoms with van der Waals surface area (Å²) >= 11 is 0. The monoisotopic (exact) mass is 308 g/mol. The van der Waals surface area contributed by atoms with Crippen molar-refractivity contribution in [2.24, 2.45) is 0 Å². The van der Waals surface area contributed by atoms with E-state index in [2.05, 4.69) is 18.3 Å². The lowest BCUT2D eigenvalue weighted by atomic mass is 10.1. The first-order valence-electron chi connectivity index (χ1n) is 7.81. The molecule has 0 heterocycles. The highest BCUT2D eigenvalue weighted by Gasteiger charge is 2.13. The zero-order valence-corrected chi connectivity index (χ0v) is 13.6. The van der Waals surface area contributed by atoms with Crippen LogP contribution in [-0.2, 0) is 17.8 Å². The van der Waals surface area contributed by atoms with Crippen LogP contribution in [0.5, 0.6) is 0 Å². The molecular weight excluding hydrogens is 286 g/mol. The fourth-order valence-electron chi connectivity index (χ4n) is 2.59. The van der Waals surface area contributed by atoms with Crippen molar-refractivity contribution < 1.29 is 9.69 Å². The van der Waals surface area contributed by atoms with Crippen LogP contribution in [0.4, 0.5) is 5.69 Å². The molecule has 0 spiro atoms. The van der Waals surface area contributed by atoms with Crippen LogP contribution >= 0.6 is 0 Å². The van der Waals surface area contributed by atoms with Crippen LogP contribution in [0.25, 0.3) is 0 Å². The first-order chi connectivity index (χ1) is 11.1. The van der Waals surface area contributed by atoms with Gasteiger partial charge >= 0.3 is 0 Å². The quantitative estimate of drug-likeness (QED) is 0.854. The summed E-state index contributed by atoms with van der Waals surface area (Å²) in [5.74, 6) is -0.0159. The molecule has 0 aliphatic heterocycles. The molecule has 0 aromatic heterocycles. The van der Waals surface area contributed by atoms with E-state index in [0.29, 0.717) is 18.7 Å². The van der Waals surface area contributed by atoms with Crippen molar-refractivity contribution in [2.45, 2.75) is 19.9 Å². The maximum Gasteiger partial charge on any atom is 0.279 e. The van der Waals surface area contributed by atoms with Gasteiger partial charge in [-0.2, -0.15) is 5.26 Å². The normalized spacial score (nSPS) is 11.5. The predicted molar refractivity (Wildman–Crippen MR) is 91.1 cm³/mol. The molecule has 2 N–H and O–H groups in total. The second-order valence-electron chi connectivity index (χ2n) is 5.64. The topological polar surface area (TPSA) is 57.3 Å². The predicted octanol–water partition coefficient (Wildman–Crippen LogP) is 1.77. The number of hydrogen-bond acceptors (Lipinski definition) is 2. The van der Waals surface area contributed by atoms with Gasteiger partial charge in [0.05, 0.1) is 18.7 Å². The first-order valence-corrected chi connectivity index (χ1v) is 7.81. The van der Waals surface area contributed by atoms with E-state index < -0.39 is 0 Å². The highest BCUT2D eigenvalue weighted by atomic mass is 16.2. The lowest BCUT2D eigenvalue weighted by Gasteiger charge is -2.15. The number of nitrogens with zero attached hydrogens (tertiary/aromatic N) is 1. The van der Waals surface area contributed by atoms with Crippen molar-refractivity contribution in [3.63, 3.8) is 0 Å². The number of amides is 1. The molecule has 0 bridgehead atoms. The van der Waals surface area contributed by atoms with Crippen LogP contribution in [0.1, 0.15) is 23.6 Å². The molecule has 0 fully saturated rings. The van der Waals surface area contributed by atoms with Crippen LogP contribution in [0.2, 0.25) is 0 Å². The van der Waals surface area contributed by atoms with Crippen LogP contribution in [-0.4, -0.2) is 19.5 Å². The van der Waals surface area contributed by atoms with Gasteiger partial charge in [0.25, 0.3) is 5.91 Å². The molecule has 0 aliphatic carbocycles. The average molecular weight is 308 g/mol. The van der Waals surface area contributed by atoms with Gasteiger partial charge in [0.1, 0.15) is 6.54 Å². The molecule has 4 heteroatoms. The minimum absolute atomic E-state index is 0.0159. The molecule has 0 saturated heterocycles. The molecular formula is C19H22N3O+. The van der Waals surface area contributed by atoms with E-state index in [-0.39, 0.29) is 5.91 Å². The SMILES string of the molecule is CCc1ccccc1NC(=O)C[NH+](C)Cc1ccccc1C#N. The van der Waals surface area contributed by atoms with Gasteiger partial charge in [0, 0.05) is 11.3 Å². The Bertz CT molecular complexity index is 719. The molecule has 1 atom stereocenters. The van der Waals surface area contributed by atoms with Gasteiger partial charge in [-0.15, -0.1) is 0 Å². The number of likely N-dealkylation sites (N-methyl/N-ethyl adjacent to an activating group) is 1. The summed E-state index contributed by atoms with van der Waals surface area (Å²) in [6.07, 6.45) is 0.884. The van der Waals surface area contributed by atoms with Crippen molar-refractivity contribution in [1.29, 1.82) is 5.26 Å². The number of aryl methyl sites for hydroxylation is 1. The third-order valence-electron chi connectivity index (χ3n) is 3.76. The van der Waals surface area contributed by atoms with Gasteiger partial charge in [-0.1, -0.05) is 43.3 Å². The van der Waals surface area contributed by atoms with Crippen LogP contribution in [0.15, 0.2) is 48.5 Å². The summed E-state index contributed by atoms with van der Waals surface area (Å²) in [6.45, 7) is 3.07. The molecule has 2 aromatic carbocycles. The molecule has 2 rings (SSSR count). The summed E-state index contributed by atoms with van der Waals surface area (Å²) < 4.78 is 0. The number of quaternary nitrogens is 1. The first kappa shape index (κ1) is 16.7. The van der Waals surface area contributed by atoms with Gasteiger partial charge in [-0.05, 0) is 24.1 Å². The summed E-state index contributed by atoms with van der Waals surface area (Å²) in [5, 5.41) is 12.1. The highest BCUT2D eigenvalue weighted by molar-refractivity contribution is 5.92. The second kappa shape index (κ2) is 8.11. The maximum absolute atomic E-state index is 12.2. The molecule has 4 nitrogen and oxygen atoms in total. The number of para-hydroxylation sites is 1. The third kappa shape index (κ3) is 4.67. The standard InChI is InChI=1S/C19H21N3O/c1-3-15-8-6-7-11-18(15)21-19(23)14-22(2)13-17-10-5-4-9-16(17)12-20/h4-11H,3,13-14H2,1-2H3,(H,21,23)/p+1. The Morgan fingerprint density at radius 1 is 1.13 bits per heavy atom. The number of nitriles is 1. The van der Waals surface area contributed by atoms with E-state index in [1.165, 1.54) is 0 Å². The number of rotatable bonds is 6. The summed E-state index contributed by atoms with van der Waals surface area (Å²) in [6, 6.07) is 17.6. The fraction of sp³-hybridized carbons (Fsp3) is 0.263. The van der Waals surface area contributed by atoms with Gasteiger partial charge < -0.3 is 10.2 Å². The molecule has 2 aromatic rings. The minimum Gasteiger partial charge on any atom is -0.326 e. The fourth-order valence-corrected chi connectivity index (χ4v) is 2.59. The number of anilines is 1. The van der Waals surface area contributed by atoms with Crippen molar-refractivity contribution >= 4 is 11.6 Å². The number of benzene rings is 2. The number of carbonyl (C=O) groups is 1. The molecule has 23 heavy (non-hydrogen) atoms. The second-order valence-corrected chi connectivity index (χ2v) is 5.64. The van der Waals surface area contributed by atoms with E-state index in [9.17, 15) is 4.79 Å². The van der Waals surface area contributed by atoms with Crippen molar-refractivity contribution in [3.05, 3.63) is 65.2 Å². The number of nitrogens with one attached hydrogen (secondary N) is 2. The van der Waals surface area contributed by atoms with E-state index in [1.807, 2.05) is 49.5 Å². The Hall–Kier alpha value is -2.64. The Kier molecular flexibility index (Phi) is 5.90. The highest BCUT2D eigenvalue weighted by Crippen LogP contribution is 2.14. The Balaban J connectivity index is 1.96. The summed E-state index contributed by atoms with van der Waals surface area (Å²) in [7, 11) is 1.96. The summed E-state index contributed by atoms with van der Waals surface area (Å²) in [4.78, 5) is 13.3. The zero-order chi connectivity index (χ0) is 16.7. The summed E-state index contributed by atoms with van der Waals surface area (Å²) in [5.41, 5.74) is 3.65. The third-order valence-corrected chi connectivity index (χ3v) is 3.76. The largest absolute Gasteiger partial charge is 0.326 e. The van der Waals surface area contributed by atoms with Crippen LogP contribution in [0, 0.1) is 11.3 Å². The van der Waals surface area contributed by atoms with E-state index in [4.69, 9.17) is 5.26 Å². The van der Waals surface area contributed by atoms with Crippen molar-refractivity contribution in [1.82, 2.24) is 0 Å². The van der Waals surface area contributed by atoms with Gasteiger partial charge in [-0.25, -0.2) is 0 Å². The van der Waals surface area contributed by atoms with E-state index >= 15 is 0 Å². The minimum atomic E-state index is -0.0159. The van der Waals surface area contributed by atoms with Crippen LogP contribution in [0.3, 0.4) is 0 Å². The van der Waals surface area contributed by atoms with Gasteiger partial charge in [-0.3, -0.25) is 4.79 Å². The van der Waals surface area contributed by atoms with Crippen molar-refractivity contribution in [3.8, 4) is 6.07 Å². The lowest BCUT2D eigenvalue weighted by Crippen LogP contribution is -3.08. The molecule has 1 amide bonds. The molecule has 1 unspecified atom stereocenters. The zero-order valence-electron chi connectivity index (χ0n) is 13.6. The van der Waals surface area contributed by atoms with E-state index in [1.54, 1.807) is 6.07 Å². The van der Waals surface area contributed by atoms with Gasteiger partial charge in [0.2, 0.25) is 0 Å². The molecule has 118 valence electrons. The molecule has 0 saturated carbocycles. The average Bonchev–Trinajstić information content (AvgIpc) is 2.55. The van der Waals surface area contributed by atoms with E-state index in [0.717, 1.165) is 28.1 Å². The van der Waals surface area contributed by atoms with Gasteiger partial charge in [0.15, 0.2) is 6.54 Å². The smallest absolute Gasteiger partial charge is 0.279 e. The number of hydrogen-bond donors (Lipinski definition) is 2. The molecule has 0 radical (unpaired) electrons. The Morgan fingerprint density at radius 3 is 2.48 bits per heavy atom. The number of carbonyl (C=O) groups excluding carboxylic acids is 1. The van der Waals surface area contributed by atoms with Crippen molar-refractivity contribution in [2.75, 3.05) is 18.9 Å². The maximum atomic E-state index is 12.2.